The standard InChI is InChI=1S/C24H28N2O4S/c1-16-14-19(24(31-16)25-23(27)20-8-7-13-30-20)22(26-11-5-4-6-12-26)18-10-9-17(28-2)15-21(18)29-3/h7-10,13-15,22H,4-6,11-12H2,1-3H3,(H,25,27)/t22-/m0/s1. The van der Waals surface area contributed by atoms with E-state index in [9.17, 15) is 4.79 Å². The van der Waals surface area contributed by atoms with E-state index in [4.69, 9.17) is 13.9 Å². The van der Waals surface area contributed by atoms with Gasteiger partial charge >= 0.3 is 0 Å². The lowest BCUT2D eigenvalue weighted by atomic mass is 9.95. The first-order valence-electron chi connectivity index (χ1n) is 10.5. The molecule has 31 heavy (non-hydrogen) atoms. The molecule has 7 heteroatoms. The van der Waals surface area contributed by atoms with Crippen molar-refractivity contribution in [3.05, 3.63) is 64.4 Å². The van der Waals surface area contributed by atoms with Gasteiger partial charge in [0, 0.05) is 22.1 Å². The molecule has 0 aliphatic carbocycles. The number of likely N-dealkylation sites (tertiary alicyclic amines) is 1. The third-order valence-corrected chi connectivity index (χ3v) is 6.62. The Morgan fingerprint density at radius 1 is 1.10 bits per heavy atom. The van der Waals surface area contributed by atoms with Crippen LogP contribution in [-0.2, 0) is 0 Å². The molecule has 2 aromatic heterocycles. The molecule has 0 bridgehead atoms. The minimum Gasteiger partial charge on any atom is -0.497 e. The number of ether oxygens (including phenoxy) is 2. The van der Waals surface area contributed by atoms with Crippen molar-refractivity contribution in [3.63, 3.8) is 0 Å². The summed E-state index contributed by atoms with van der Waals surface area (Å²) in [4.78, 5) is 16.3. The molecule has 6 nitrogen and oxygen atoms in total. The van der Waals surface area contributed by atoms with E-state index < -0.39 is 0 Å². The van der Waals surface area contributed by atoms with E-state index in [0.717, 1.165) is 58.4 Å². The molecule has 0 saturated carbocycles. The number of benzene rings is 1. The number of furan rings is 1. The minimum atomic E-state index is -0.243. The van der Waals surface area contributed by atoms with Gasteiger partial charge in [-0.25, -0.2) is 0 Å². The molecule has 1 aliphatic heterocycles. The van der Waals surface area contributed by atoms with Gasteiger partial charge in [0.25, 0.3) is 5.91 Å². The number of hydrogen-bond donors (Lipinski definition) is 1. The molecule has 1 saturated heterocycles. The summed E-state index contributed by atoms with van der Waals surface area (Å²) in [6.45, 7) is 4.07. The molecule has 1 aromatic carbocycles. The molecule has 0 radical (unpaired) electrons. The van der Waals surface area contributed by atoms with E-state index >= 15 is 0 Å². The van der Waals surface area contributed by atoms with E-state index in [2.05, 4.69) is 29.3 Å². The van der Waals surface area contributed by atoms with Crippen LogP contribution in [0.15, 0.2) is 47.1 Å². The maximum absolute atomic E-state index is 12.7. The van der Waals surface area contributed by atoms with Gasteiger partial charge in [-0.15, -0.1) is 11.3 Å². The minimum absolute atomic E-state index is 0.0296. The summed E-state index contributed by atoms with van der Waals surface area (Å²) in [5.74, 6) is 1.59. The topological polar surface area (TPSA) is 63.9 Å². The largest absolute Gasteiger partial charge is 0.497 e. The van der Waals surface area contributed by atoms with Crippen molar-refractivity contribution in [1.29, 1.82) is 0 Å². The fourth-order valence-electron chi connectivity index (χ4n) is 4.19. The van der Waals surface area contributed by atoms with Crippen LogP contribution in [0.25, 0.3) is 0 Å². The summed E-state index contributed by atoms with van der Waals surface area (Å²) >= 11 is 1.58. The van der Waals surface area contributed by atoms with Crippen molar-refractivity contribution < 1.29 is 18.7 Å². The number of nitrogens with one attached hydrogen (secondary N) is 1. The van der Waals surface area contributed by atoms with Gasteiger partial charge in [-0.2, -0.15) is 0 Å². The van der Waals surface area contributed by atoms with Gasteiger partial charge in [0.2, 0.25) is 0 Å². The van der Waals surface area contributed by atoms with Crippen molar-refractivity contribution in [3.8, 4) is 11.5 Å². The van der Waals surface area contributed by atoms with Crippen LogP contribution in [0.4, 0.5) is 5.00 Å². The van der Waals surface area contributed by atoms with Gasteiger partial charge in [0.15, 0.2) is 5.76 Å². The van der Waals surface area contributed by atoms with E-state index in [1.54, 1.807) is 37.7 Å². The first-order valence-corrected chi connectivity index (χ1v) is 11.3. The fraction of sp³-hybridized carbons (Fsp3) is 0.375. The number of carbonyl (C=O) groups is 1. The van der Waals surface area contributed by atoms with Crippen molar-refractivity contribution in [2.24, 2.45) is 0 Å². The molecular formula is C24H28N2O4S. The molecule has 1 N–H and O–H groups in total. The Morgan fingerprint density at radius 3 is 2.58 bits per heavy atom. The fourth-order valence-corrected chi connectivity index (χ4v) is 5.13. The van der Waals surface area contributed by atoms with E-state index in [1.807, 2.05) is 12.1 Å². The number of anilines is 1. The molecule has 1 amide bonds. The Morgan fingerprint density at radius 2 is 1.90 bits per heavy atom. The normalized spacial score (nSPS) is 15.5. The molecule has 4 rings (SSSR count). The molecule has 164 valence electrons. The Bertz CT molecular complexity index is 1020. The second-order valence-electron chi connectivity index (χ2n) is 7.68. The summed E-state index contributed by atoms with van der Waals surface area (Å²) < 4.78 is 16.5. The van der Waals surface area contributed by atoms with Crippen LogP contribution in [0, 0.1) is 6.92 Å². The van der Waals surface area contributed by atoms with Gasteiger partial charge in [-0.1, -0.05) is 6.42 Å². The second kappa shape index (κ2) is 9.58. The molecule has 0 unspecified atom stereocenters. The molecule has 1 aliphatic rings. The van der Waals surface area contributed by atoms with Gasteiger partial charge in [0.05, 0.1) is 26.5 Å². The summed E-state index contributed by atoms with van der Waals surface area (Å²) in [6, 6.07) is 11.5. The first kappa shape index (κ1) is 21.5. The van der Waals surface area contributed by atoms with Gasteiger partial charge in [-0.05, 0) is 63.2 Å². The van der Waals surface area contributed by atoms with Crippen molar-refractivity contribution in [2.45, 2.75) is 32.2 Å². The number of aryl methyl sites for hydroxylation is 1. The molecule has 3 heterocycles. The zero-order valence-corrected chi connectivity index (χ0v) is 19.0. The van der Waals surface area contributed by atoms with Gasteiger partial charge in [-0.3, -0.25) is 9.69 Å². The summed E-state index contributed by atoms with van der Waals surface area (Å²) in [5.41, 5.74) is 2.14. The number of nitrogens with zero attached hydrogens (tertiary/aromatic N) is 1. The quantitative estimate of drug-likeness (QED) is 0.526. The lowest BCUT2D eigenvalue weighted by molar-refractivity contribution is 0.0996. The summed E-state index contributed by atoms with van der Waals surface area (Å²) in [6.07, 6.45) is 5.07. The zero-order chi connectivity index (χ0) is 21.8. The van der Waals surface area contributed by atoms with Crippen LogP contribution in [0.2, 0.25) is 0 Å². The highest BCUT2D eigenvalue weighted by molar-refractivity contribution is 7.16. The van der Waals surface area contributed by atoms with E-state index in [1.165, 1.54) is 12.7 Å². The van der Waals surface area contributed by atoms with E-state index in [0.29, 0.717) is 5.76 Å². The number of thiophene rings is 1. The highest BCUT2D eigenvalue weighted by atomic mass is 32.1. The Kier molecular flexibility index (Phi) is 6.63. The highest BCUT2D eigenvalue weighted by Gasteiger charge is 2.30. The Balaban J connectivity index is 1.77. The van der Waals surface area contributed by atoms with Crippen LogP contribution in [0.5, 0.6) is 11.5 Å². The predicted molar refractivity (Wildman–Crippen MR) is 123 cm³/mol. The van der Waals surface area contributed by atoms with Crippen LogP contribution in [0.3, 0.4) is 0 Å². The molecule has 1 fully saturated rings. The average molecular weight is 441 g/mol. The van der Waals surface area contributed by atoms with Gasteiger partial charge in [0.1, 0.15) is 16.5 Å². The number of piperidine rings is 1. The maximum Gasteiger partial charge on any atom is 0.291 e. The monoisotopic (exact) mass is 440 g/mol. The third kappa shape index (κ3) is 4.62. The van der Waals surface area contributed by atoms with Crippen LogP contribution in [0.1, 0.15) is 51.9 Å². The van der Waals surface area contributed by atoms with Crippen LogP contribution in [-0.4, -0.2) is 38.1 Å². The third-order valence-electron chi connectivity index (χ3n) is 5.64. The van der Waals surface area contributed by atoms with Crippen LogP contribution < -0.4 is 14.8 Å². The van der Waals surface area contributed by atoms with E-state index in [-0.39, 0.29) is 11.9 Å². The smallest absolute Gasteiger partial charge is 0.291 e. The maximum atomic E-state index is 12.7. The number of carbonyl (C=O) groups excluding carboxylic acids is 1. The summed E-state index contributed by atoms with van der Waals surface area (Å²) in [7, 11) is 3.34. The highest BCUT2D eigenvalue weighted by Crippen LogP contribution is 2.43. The van der Waals surface area contributed by atoms with Gasteiger partial charge < -0.3 is 19.2 Å². The van der Waals surface area contributed by atoms with Crippen LogP contribution >= 0.6 is 11.3 Å². The number of amides is 1. The zero-order valence-electron chi connectivity index (χ0n) is 18.1. The van der Waals surface area contributed by atoms with Crippen molar-refractivity contribution in [1.82, 2.24) is 4.90 Å². The molecule has 3 aromatic rings. The molecular weight excluding hydrogens is 412 g/mol. The number of rotatable bonds is 7. The Labute approximate surface area is 186 Å². The average Bonchev–Trinajstić information content (AvgIpc) is 3.45. The first-order chi connectivity index (χ1) is 15.1. The number of methoxy groups -OCH3 is 2. The predicted octanol–water partition coefficient (Wildman–Crippen LogP) is 5.49. The van der Waals surface area contributed by atoms with Crippen molar-refractivity contribution >= 4 is 22.2 Å². The number of hydrogen-bond acceptors (Lipinski definition) is 6. The lowest BCUT2D eigenvalue weighted by Gasteiger charge is -2.36. The second-order valence-corrected chi connectivity index (χ2v) is 8.94. The lowest BCUT2D eigenvalue weighted by Crippen LogP contribution is -2.34. The molecule has 1 atom stereocenters. The van der Waals surface area contributed by atoms with Crippen molar-refractivity contribution in [2.75, 3.05) is 32.6 Å². The SMILES string of the molecule is COc1ccc([C@@H](c2cc(C)sc2NC(=O)c2ccco2)N2CCCCC2)c(OC)c1. The summed E-state index contributed by atoms with van der Waals surface area (Å²) in [5, 5.41) is 3.92. The molecule has 0 spiro atoms. The Hall–Kier alpha value is -2.77.